The fraction of sp³-hybridized carbons (Fsp3) is 0.111. The molecule has 3 aromatic carbocycles. The molecule has 0 aliphatic carbocycles. The second kappa shape index (κ2) is 11.7. The van der Waals surface area contributed by atoms with E-state index in [9.17, 15) is 22.0 Å². The minimum Gasteiger partial charge on any atom is -0.334 e. The quantitative estimate of drug-likeness (QED) is 0.321. The van der Waals surface area contributed by atoms with Crippen molar-refractivity contribution in [2.45, 2.75) is 24.5 Å². The first-order valence-electron chi connectivity index (χ1n) is 11.3. The van der Waals surface area contributed by atoms with Crippen LogP contribution in [0.3, 0.4) is 0 Å². The Balaban J connectivity index is 1.50. The molecule has 0 spiro atoms. The first-order chi connectivity index (χ1) is 17.8. The summed E-state index contributed by atoms with van der Waals surface area (Å²) in [5.74, 6) is -0.973. The van der Waals surface area contributed by atoms with Gasteiger partial charge in [-0.2, -0.15) is 4.31 Å². The number of benzene rings is 3. The van der Waals surface area contributed by atoms with Gasteiger partial charge in [0.25, 0.3) is 0 Å². The van der Waals surface area contributed by atoms with Crippen molar-refractivity contribution in [3.05, 3.63) is 126 Å². The molecular weight excluding hydrogens is 498 g/mol. The number of halogens is 2. The number of nitrogens with zero attached hydrogens (tertiary/aromatic N) is 2. The Labute approximate surface area is 213 Å². The maximum absolute atomic E-state index is 14.4. The number of aromatic nitrogens is 1. The van der Waals surface area contributed by atoms with Gasteiger partial charge in [0.15, 0.2) is 0 Å². The van der Waals surface area contributed by atoms with E-state index in [-0.39, 0.29) is 23.5 Å². The number of sulfonamides is 1. The van der Waals surface area contributed by atoms with Gasteiger partial charge in [-0.25, -0.2) is 22.0 Å². The highest BCUT2D eigenvalue weighted by Gasteiger charge is 2.26. The molecule has 0 aliphatic heterocycles. The number of hydrogen-bond donors (Lipinski definition) is 2. The van der Waals surface area contributed by atoms with Gasteiger partial charge in [0, 0.05) is 43.3 Å². The molecule has 0 aliphatic rings. The lowest BCUT2D eigenvalue weighted by Crippen LogP contribution is -2.31. The zero-order chi connectivity index (χ0) is 26.3. The lowest BCUT2D eigenvalue weighted by molar-refractivity contribution is 0.251. The molecule has 0 fully saturated rings. The smallest absolute Gasteiger partial charge is 0.319 e. The lowest BCUT2D eigenvalue weighted by atomic mass is 10.2. The van der Waals surface area contributed by atoms with Crippen LogP contribution in [0, 0.1) is 11.6 Å². The van der Waals surface area contributed by atoms with Crippen molar-refractivity contribution >= 4 is 21.7 Å². The first kappa shape index (κ1) is 25.9. The van der Waals surface area contributed by atoms with E-state index in [4.69, 9.17) is 0 Å². The predicted octanol–water partition coefficient (Wildman–Crippen LogP) is 5.07. The number of hydrogen-bond acceptors (Lipinski definition) is 4. The molecule has 190 valence electrons. The number of carbonyl (C=O) groups is 1. The van der Waals surface area contributed by atoms with Crippen LogP contribution in [0.2, 0.25) is 0 Å². The SMILES string of the molecule is O=C(NCc1ccncc1)Nc1ccc(S(=O)(=O)N(Cc2ccc(F)cc2)Cc2ccccc2F)cc1. The summed E-state index contributed by atoms with van der Waals surface area (Å²) in [6.45, 7) is -0.00658. The largest absolute Gasteiger partial charge is 0.334 e. The molecule has 0 radical (unpaired) electrons. The van der Waals surface area contributed by atoms with E-state index in [2.05, 4.69) is 15.6 Å². The van der Waals surface area contributed by atoms with Crippen LogP contribution < -0.4 is 10.6 Å². The topological polar surface area (TPSA) is 91.4 Å². The Kier molecular flexibility index (Phi) is 8.22. The van der Waals surface area contributed by atoms with Gasteiger partial charge >= 0.3 is 6.03 Å². The summed E-state index contributed by atoms with van der Waals surface area (Å²) in [4.78, 5) is 16.1. The van der Waals surface area contributed by atoms with Gasteiger partial charge in [-0.15, -0.1) is 0 Å². The minimum atomic E-state index is -4.08. The van der Waals surface area contributed by atoms with Gasteiger partial charge in [-0.1, -0.05) is 30.3 Å². The summed E-state index contributed by atoms with van der Waals surface area (Å²) in [6.07, 6.45) is 3.25. The average Bonchev–Trinajstić information content (AvgIpc) is 2.90. The van der Waals surface area contributed by atoms with Gasteiger partial charge < -0.3 is 10.6 Å². The van der Waals surface area contributed by atoms with E-state index in [1.54, 1.807) is 30.6 Å². The van der Waals surface area contributed by atoms with Crippen molar-refractivity contribution in [1.82, 2.24) is 14.6 Å². The molecule has 0 atom stereocenters. The van der Waals surface area contributed by atoms with Crippen molar-refractivity contribution in [2.75, 3.05) is 5.32 Å². The van der Waals surface area contributed by atoms with Gasteiger partial charge in [-0.3, -0.25) is 4.98 Å². The fourth-order valence-corrected chi connectivity index (χ4v) is 4.96. The van der Waals surface area contributed by atoms with E-state index < -0.39 is 27.7 Å². The number of amides is 2. The number of urea groups is 1. The van der Waals surface area contributed by atoms with Crippen LogP contribution in [0.5, 0.6) is 0 Å². The zero-order valence-corrected chi connectivity index (χ0v) is 20.5. The summed E-state index contributed by atoms with van der Waals surface area (Å²) in [6, 6.07) is 20.1. The summed E-state index contributed by atoms with van der Waals surface area (Å²) in [5, 5.41) is 5.36. The number of nitrogens with one attached hydrogen (secondary N) is 2. The Morgan fingerprint density at radius 3 is 2.16 bits per heavy atom. The second-order valence-electron chi connectivity index (χ2n) is 8.18. The lowest BCUT2D eigenvalue weighted by Gasteiger charge is -2.23. The van der Waals surface area contributed by atoms with Crippen LogP contribution in [0.15, 0.2) is 102 Å². The van der Waals surface area contributed by atoms with Crippen LogP contribution in [-0.4, -0.2) is 23.7 Å². The summed E-state index contributed by atoms with van der Waals surface area (Å²) in [7, 11) is -4.08. The molecule has 10 heteroatoms. The van der Waals surface area contributed by atoms with E-state index in [0.717, 1.165) is 9.87 Å². The molecule has 0 saturated heterocycles. The van der Waals surface area contributed by atoms with Crippen molar-refractivity contribution in [3.63, 3.8) is 0 Å². The van der Waals surface area contributed by atoms with Gasteiger partial charge in [0.2, 0.25) is 10.0 Å². The number of rotatable bonds is 9. The summed E-state index contributed by atoms with van der Waals surface area (Å²) in [5.41, 5.74) is 2.02. The fourth-order valence-electron chi connectivity index (χ4n) is 3.55. The zero-order valence-electron chi connectivity index (χ0n) is 19.6. The maximum Gasteiger partial charge on any atom is 0.319 e. The van der Waals surface area contributed by atoms with E-state index in [1.165, 1.54) is 66.7 Å². The third-order valence-corrected chi connectivity index (χ3v) is 7.34. The highest BCUT2D eigenvalue weighted by Crippen LogP contribution is 2.24. The van der Waals surface area contributed by atoms with E-state index in [1.807, 2.05) is 0 Å². The molecule has 7 nitrogen and oxygen atoms in total. The normalized spacial score (nSPS) is 11.3. The Bertz CT molecular complexity index is 1450. The molecule has 2 amide bonds. The van der Waals surface area contributed by atoms with Gasteiger partial charge in [0.05, 0.1) is 4.90 Å². The van der Waals surface area contributed by atoms with Crippen molar-refractivity contribution in [3.8, 4) is 0 Å². The van der Waals surface area contributed by atoms with E-state index in [0.29, 0.717) is 17.8 Å². The third kappa shape index (κ3) is 6.96. The Hall–Kier alpha value is -4.15. The predicted molar refractivity (Wildman–Crippen MR) is 136 cm³/mol. The molecule has 0 unspecified atom stereocenters. The Morgan fingerprint density at radius 1 is 0.811 bits per heavy atom. The van der Waals surface area contributed by atoms with Gasteiger partial charge in [0.1, 0.15) is 11.6 Å². The Morgan fingerprint density at radius 2 is 1.49 bits per heavy atom. The van der Waals surface area contributed by atoms with Crippen LogP contribution >= 0.6 is 0 Å². The molecule has 4 aromatic rings. The third-order valence-electron chi connectivity index (χ3n) is 5.53. The average molecular weight is 523 g/mol. The van der Waals surface area contributed by atoms with Crippen molar-refractivity contribution < 1.29 is 22.0 Å². The van der Waals surface area contributed by atoms with Gasteiger partial charge in [-0.05, 0) is 65.7 Å². The highest BCUT2D eigenvalue weighted by molar-refractivity contribution is 7.89. The second-order valence-corrected chi connectivity index (χ2v) is 10.1. The number of carbonyl (C=O) groups excluding carboxylic acids is 1. The summed E-state index contributed by atoms with van der Waals surface area (Å²) >= 11 is 0. The van der Waals surface area contributed by atoms with E-state index >= 15 is 0 Å². The molecule has 1 heterocycles. The van der Waals surface area contributed by atoms with Crippen LogP contribution in [0.25, 0.3) is 0 Å². The number of pyridine rings is 1. The molecule has 1 aromatic heterocycles. The maximum atomic E-state index is 14.4. The summed E-state index contributed by atoms with van der Waals surface area (Å²) < 4.78 is 55.9. The van der Waals surface area contributed by atoms with Crippen molar-refractivity contribution in [2.24, 2.45) is 0 Å². The molecule has 2 N–H and O–H groups in total. The van der Waals surface area contributed by atoms with Crippen LogP contribution in [0.1, 0.15) is 16.7 Å². The monoisotopic (exact) mass is 522 g/mol. The molecule has 4 rings (SSSR count). The molecule has 0 bridgehead atoms. The molecule has 37 heavy (non-hydrogen) atoms. The standard InChI is InChI=1S/C27H24F2N4O3S/c28-23-7-5-21(6-8-23)18-33(19-22-3-1-2-4-26(22)29)37(35,36)25-11-9-24(10-12-25)32-27(34)31-17-20-13-15-30-16-14-20/h1-16H,17-19H2,(H2,31,32,34). The highest BCUT2D eigenvalue weighted by atomic mass is 32.2. The first-order valence-corrected chi connectivity index (χ1v) is 12.8. The molecule has 0 saturated carbocycles. The van der Waals surface area contributed by atoms with Crippen molar-refractivity contribution in [1.29, 1.82) is 0 Å². The van der Waals surface area contributed by atoms with Crippen LogP contribution in [0.4, 0.5) is 19.3 Å². The minimum absolute atomic E-state index is 0.0336. The van der Waals surface area contributed by atoms with Crippen LogP contribution in [-0.2, 0) is 29.7 Å². The number of anilines is 1. The molecular formula is C27H24F2N4O3S.